The van der Waals surface area contributed by atoms with Crippen molar-refractivity contribution in [3.05, 3.63) is 50.7 Å². The van der Waals surface area contributed by atoms with Gasteiger partial charge in [-0.25, -0.2) is 13.6 Å². The first-order valence-corrected chi connectivity index (χ1v) is 11.2. The van der Waals surface area contributed by atoms with Crippen molar-refractivity contribution in [3.63, 3.8) is 0 Å². The molecular weight excluding hydrogens is 448 g/mol. The largest absolute Gasteiger partial charge is 0.383 e. The Labute approximate surface area is 195 Å². The molecule has 1 unspecified atom stereocenters. The van der Waals surface area contributed by atoms with Crippen molar-refractivity contribution in [1.29, 1.82) is 0 Å². The highest BCUT2D eigenvalue weighted by atomic mass is 19.1. The van der Waals surface area contributed by atoms with E-state index >= 15 is 0 Å². The first kappa shape index (κ1) is 25.1. The summed E-state index contributed by atoms with van der Waals surface area (Å²) < 4.78 is 28.8. The van der Waals surface area contributed by atoms with Crippen LogP contribution in [0.25, 0.3) is 0 Å². The molecule has 184 valence electrons. The van der Waals surface area contributed by atoms with Gasteiger partial charge in [0.2, 0.25) is 11.8 Å². The van der Waals surface area contributed by atoms with E-state index in [0.29, 0.717) is 18.9 Å². The number of halogens is 2. The second kappa shape index (κ2) is 10.2. The highest BCUT2D eigenvalue weighted by molar-refractivity contribution is 6.05. The van der Waals surface area contributed by atoms with Crippen molar-refractivity contribution in [2.75, 3.05) is 28.6 Å². The van der Waals surface area contributed by atoms with E-state index in [9.17, 15) is 28.0 Å². The Bertz CT molecular complexity index is 1210. The summed E-state index contributed by atoms with van der Waals surface area (Å²) in [5.74, 6) is -3.67. The normalized spacial score (nSPS) is 15.9. The van der Waals surface area contributed by atoms with Crippen LogP contribution in [0.5, 0.6) is 0 Å². The summed E-state index contributed by atoms with van der Waals surface area (Å²) >= 11 is 0. The molecule has 2 amide bonds. The number of amides is 2. The summed E-state index contributed by atoms with van der Waals surface area (Å²) in [6, 6.07) is 2.85. The summed E-state index contributed by atoms with van der Waals surface area (Å²) in [6.07, 6.45) is 1.05. The average molecular weight is 478 g/mol. The molecular formula is C23H29F2N5O4. The van der Waals surface area contributed by atoms with E-state index in [1.165, 1.54) is 9.47 Å². The molecule has 0 radical (unpaired) electrons. The Balaban J connectivity index is 1.98. The third-order valence-electron chi connectivity index (χ3n) is 5.71. The Kier molecular flexibility index (Phi) is 7.53. The molecule has 1 aromatic carbocycles. The third kappa shape index (κ3) is 5.02. The zero-order chi connectivity index (χ0) is 25.2. The summed E-state index contributed by atoms with van der Waals surface area (Å²) in [4.78, 5) is 55.8. The van der Waals surface area contributed by atoms with Gasteiger partial charge in [-0.1, -0.05) is 27.2 Å². The number of carbonyl (C=O) groups is 2. The number of unbranched alkanes of at least 4 members (excludes halogenated alkanes) is 1. The Morgan fingerprint density at radius 1 is 1.26 bits per heavy atom. The van der Waals surface area contributed by atoms with Gasteiger partial charge >= 0.3 is 5.69 Å². The molecule has 2 aromatic rings. The second-order valence-electron chi connectivity index (χ2n) is 8.84. The van der Waals surface area contributed by atoms with Gasteiger partial charge in [-0.2, -0.15) is 0 Å². The smallest absolute Gasteiger partial charge is 0.330 e. The molecule has 9 nitrogen and oxygen atoms in total. The topological polar surface area (TPSA) is 121 Å². The number of hydrogen-bond donors (Lipinski definition) is 2. The second-order valence-corrected chi connectivity index (χ2v) is 8.84. The molecule has 11 heteroatoms. The number of benzene rings is 1. The zero-order valence-electron chi connectivity index (χ0n) is 19.4. The maximum Gasteiger partial charge on any atom is 0.330 e. The van der Waals surface area contributed by atoms with E-state index in [0.717, 1.165) is 17.0 Å². The highest BCUT2D eigenvalue weighted by Crippen LogP contribution is 2.30. The summed E-state index contributed by atoms with van der Waals surface area (Å²) in [5.41, 5.74) is 4.48. The van der Waals surface area contributed by atoms with Crippen LogP contribution in [0, 0.1) is 23.5 Å². The number of nitrogens with two attached hydrogens (primary N) is 1. The number of H-pyrrole nitrogens is 1. The fraction of sp³-hybridized carbons (Fsp3) is 0.478. The van der Waals surface area contributed by atoms with Gasteiger partial charge in [0.15, 0.2) is 5.69 Å². The number of rotatable bonds is 8. The molecule has 1 fully saturated rings. The lowest BCUT2D eigenvalue weighted by atomic mass is 10.1. The fourth-order valence-electron chi connectivity index (χ4n) is 4.06. The van der Waals surface area contributed by atoms with Crippen molar-refractivity contribution in [1.82, 2.24) is 9.55 Å². The van der Waals surface area contributed by atoms with Gasteiger partial charge in [0.1, 0.15) is 17.5 Å². The van der Waals surface area contributed by atoms with E-state index in [1.807, 2.05) is 20.8 Å². The first-order chi connectivity index (χ1) is 16.0. The average Bonchev–Trinajstić information content (AvgIpc) is 3.14. The van der Waals surface area contributed by atoms with Gasteiger partial charge in [0.05, 0.1) is 11.6 Å². The Morgan fingerprint density at radius 3 is 2.59 bits per heavy atom. The van der Waals surface area contributed by atoms with Crippen LogP contribution in [0.15, 0.2) is 27.8 Å². The van der Waals surface area contributed by atoms with Gasteiger partial charge in [-0.05, 0) is 24.5 Å². The van der Waals surface area contributed by atoms with Crippen LogP contribution in [0.3, 0.4) is 0 Å². The van der Waals surface area contributed by atoms with Crippen LogP contribution in [0.1, 0.15) is 40.0 Å². The van der Waals surface area contributed by atoms with Gasteiger partial charge in [0.25, 0.3) is 5.56 Å². The summed E-state index contributed by atoms with van der Waals surface area (Å²) in [6.45, 7) is 5.93. The summed E-state index contributed by atoms with van der Waals surface area (Å²) in [7, 11) is 0. The Morgan fingerprint density at radius 2 is 1.97 bits per heavy atom. The van der Waals surface area contributed by atoms with Crippen LogP contribution < -0.4 is 26.8 Å². The number of carbonyl (C=O) groups excluding carboxylic acids is 2. The zero-order valence-corrected chi connectivity index (χ0v) is 19.4. The lowest BCUT2D eigenvalue weighted by molar-refractivity contribution is -0.124. The van der Waals surface area contributed by atoms with Crippen LogP contribution in [-0.2, 0) is 16.1 Å². The maximum absolute atomic E-state index is 14.3. The van der Waals surface area contributed by atoms with E-state index in [2.05, 4.69) is 4.98 Å². The number of nitrogens with one attached hydrogen (secondary N) is 1. The molecule has 1 atom stereocenters. The molecule has 0 aliphatic carbocycles. The number of aromatic nitrogens is 2. The molecule has 1 aromatic heterocycles. The number of hydrogen-bond acceptors (Lipinski definition) is 5. The maximum atomic E-state index is 14.3. The first-order valence-electron chi connectivity index (χ1n) is 11.2. The predicted molar refractivity (Wildman–Crippen MR) is 125 cm³/mol. The number of nitrogens with zero attached hydrogens (tertiary/aromatic N) is 3. The van der Waals surface area contributed by atoms with Crippen molar-refractivity contribution in [2.24, 2.45) is 11.8 Å². The highest BCUT2D eigenvalue weighted by Gasteiger charge is 2.39. The van der Waals surface area contributed by atoms with Crippen molar-refractivity contribution in [3.8, 4) is 0 Å². The van der Waals surface area contributed by atoms with Gasteiger partial charge in [0, 0.05) is 32.1 Å². The van der Waals surface area contributed by atoms with Crippen molar-refractivity contribution < 1.29 is 18.4 Å². The van der Waals surface area contributed by atoms with Crippen LogP contribution in [0.2, 0.25) is 0 Å². The molecule has 3 rings (SSSR count). The minimum absolute atomic E-state index is 0.0464. The van der Waals surface area contributed by atoms with Gasteiger partial charge in [-0.15, -0.1) is 0 Å². The van der Waals surface area contributed by atoms with Crippen molar-refractivity contribution in [2.45, 2.75) is 46.6 Å². The van der Waals surface area contributed by atoms with E-state index in [1.54, 1.807) is 0 Å². The van der Waals surface area contributed by atoms with E-state index < -0.39 is 40.6 Å². The molecule has 0 bridgehead atoms. The number of aromatic amines is 1. The molecule has 3 N–H and O–H groups in total. The minimum Gasteiger partial charge on any atom is -0.383 e. The number of anilines is 3. The molecule has 1 saturated heterocycles. The SMILES string of the molecule is CCCCN(C(=O)C1CC(=O)N(c2ccc(F)cc2F)C1)c1c(N)n(CC(C)C)c(=O)[nH]c1=O. The molecule has 0 spiro atoms. The van der Waals surface area contributed by atoms with E-state index in [4.69, 9.17) is 5.73 Å². The molecule has 1 aliphatic rings. The minimum atomic E-state index is -0.911. The molecule has 34 heavy (non-hydrogen) atoms. The lowest BCUT2D eigenvalue weighted by Gasteiger charge is -2.27. The van der Waals surface area contributed by atoms with Crippen LogP contribution >= 0.6 is 0 Å². The lowest BCUT2D eigenvalue weighted by Crippen LogP contribution is -2.44. The third-order valence-corrected chi connectivity index (χ3v) is 5.71. The molecule has 1 aliphatic heterocycles. The molecule has 2 heterocycles. The monoisotopic (exact) mass is 477 g/mol. The fourth-order valence-corrected chi connectivity index (χ4v) is 4.06. The van der Waals surface area contributed by atoms with Crippen molar-refractivity contribution >= 4 is 29.0 Å². The standard InChI is InChI=1S/C23H29F2N5O4/c1-4-5-8-28(19-20(26)30(11-13(2)3)23(34)27-21(19)32)22(33)14-9-18(31)29(12-14)17-7-6-15(24)10-16(17)25/h6-7,10,13-14H,4-5,8-9,11-12,26H2,1-3H3,(H,27,32,34). The summed E-state index contributed by atoms with van der Waals surface area (Å²) in [5, 5.41) is 0. The van der Waals surface area contributed by atoms with Gasteiger partial charge in [-0.3, -0.25) is 23.9 Å². The predicted octanol–water partition coefficient (Wildman–Crippen LogP) is 2.24. The number of nitrogen functional groups attached to an aromatic ring is 1. The Hall–Kier alpha value is -3.50. The van der Waals surface area contributed by atoms with Crippen LogP contribution in [0.4, 0.5) is 26.0 Å². The molecule has 0 saturated carbocycles. The van der Waals surface area contributed by atoms with Crippen LogP contribution in [-0.4, -0.2) is 34.5 Å². The quantitative estimate of drug-likeness (QED) is 0.604. The van der Waals surface area contributed by atoms with E-state index in [-0.39, 0.29) is 49.2 Å². The van der Waals surface area contributed by atoms with Gasteiger partial charge < -0.3 is 15.5 Å².